The number of aromatic nitrogens is 2. The molecule has 3 aromatic rings. The Balaban J connectivity index is 1.99. The second-order valence-electron chi connectivity index (χ2n) is 5.70. The van der Waals surface area contributed by atoms with E-state index in [-0.39, 0.29) is 5.91 Å². The molecule has 0 atom stereocenters. The number of carbonyl (C=O) groups excluding carboxylic acids is 1. The van der Waals surface area contributed by atoms with Gasteiger partial charge < -0.3 is 4.90 Å². The van der Waals surface area contributed by atoms with Gasteiger partial charge in [0.2, 0.25) is 0 Å². The third-order valence-electron chi connectivity index (χ3n) is 3.94. The molecule has 122 valence electrons. The molecule has 0 bridgehead atoms. The average Bonchev–Trinajstić information content (AvgIpc) is 2.89. The summed E-state index contributed by atoms with van der Waals surface area (Å²) in [7, 11) is 1.74. The number of halogens is 1. The Morgan fingerprint density at radius 3 is 2.29 bits per heavy atom. The molecule has 0 unspecified atom stereocenters. The van der Waals surface area contributed by atoms with E-state index in [2.05, 4.69) is 5.10 Å². The zero-order chi connectivity index (χ0) is 17.3. The zero-order valence-electron chi connectivity index (χ0n) is 13.8. The van der Waals surface area contributed by atoms with E-state index in [1.807, 2.05) is 61.5 Å². The van der Waals surface area contributed by atoms with Crippen LogP contribution in [0.2, 0.25) is 5.15 Å². The first-order valence-corrected chi connectivity index (χ1v) is 8.02. The SMILES string of the molecule is Cc1ccc(N(C)C(=O)c2c(C)nn(-c3ccccc3)c2Cl)cc1. The number of rotatable bonds is 3. The van der Waals surface area contributed by atoms with Crippen molar-refractivity contribution in [2.45, 2.75) is 13.8 Å². The van der Waals surface area contributed by atoms with Crippen molar-refractivity contribution in [3.05, 3.63) is 76.6 Å². The number of hydrogen-bond donors (Lipinski definition) is 0. The first kappa shape index (κ1) is 16.3. The minimum atomic E-state index is -0.177. The molecule has 0 aliphatic heterocycles. The van der Waals surface area contributed by atoms with E-state index in [4.69, 9.17) is 11.6 Å². The van der Waals surface area contributed by atoms with E-state index in [0.717, 1.165) is 16.9 Å². The first-order chi connectivity index (χ1) is 11.5. The summed E-state index contributed by atoms with van der Waals surface area (Å²) in [5.74, 6) is -0.177. The predicted molar refractivity (Wildman–Crippen MR) is 97.2 cm³/mol. The van der Waals surface area contributed by atoms with Gasteiger partial charge in [-0.3, -0.25) is 4.79 Å². The molecule has 0 saturated carbocycles. The van der Waals surface area contributed by atoms with E-state index in [9.17, 15) is 4.79 Å². The van der Waals surface area contributed by atoms with Crippen molar-refractivity contribution in [3.63, 3.8) is 0 Å². The standard InChI is InChI=1S/C19H18ClN3O/c1-13-9-11-15(12-10-13)22(3)19(24)17-14(2)21-23(18(17)20)16-7-5-4-6-8-16/h4-12H,1-3H3. The largest absolute Gasteiger partial charge is 0.311 e. The Labute approximate surface area is 146 Å². The molecule has 5 heteroatoms. The van der Waals surface area contributed by atoms with Gasteiger partial charge in [-0.15, -0.1) is 0 Å². The third-order valence-corrected chi connectivity index (χ3v) is 4.29. The van der Waals surface area contributed by atoms with Crippen LogP contribution >= 0.6 is 11.6 Å². The van der Waals surface area contributed by atoms with Gasteiger partial charge >= 0.3 is 0 Å². The van der Waals surface area contributed by atoms with Gasteiger partial charge in [-0.2, -0.15) is 5.10 Å². The van der Waals surface area contributed by atoms with E-state index in [1.54, 1.807) is 23.6 Å². The van der Waals surface area contributed by atoms with Gasteiger partial charge in [-0.25, -0.2) is 4.68 Å². The fraction of sp³-hybridized carbons (Fsp3) is 0.158. The molecule has 2 aromatic carbocycles. The van der Waals surface area contributed by atoms with Crippen LogP contribution < -0.4 is 4.90 Å². The third kappa shape index (κ3) is 2.93. The van der Waals surface area contributed by atoms with Crippen molar-refractivity contribution in [2.75, 3.05) is 11.9 Å². The van der Waals surface area contributed by atoms with Gasteiger partial charge in [-0.05, 0) is 38.1 Å². The van der Waals surface area contributed by atoms with Crippen LogP contribution in [0, 0.1) is 13.8 Å². The fourth-order valence-electron chi connectivity index (χ4n) is 2.54. The van der Waals surface area contributed by atoms with Gasteiger partial charge in [0.1, 0.15) is 10.7 Å². The average molecular weight is 340 g/mol. The van der Waals surface area contributed by atoms with Crippen molar-refractivity contribution >= 4 is 23.2 Å². The number of carbonyl (C=O) groups is 1. The number of aryl methyl sites for hydroxylation is 2. The predicted octanol–water partition coefficient (Wildman–Crippen LogP) is 4.42. The summed E-state index contributed by atoms with van der Waals surface area (Å²) in [6.07, 6.45) is 0. The van der Waals surface area contributed by atoms with Crippen molar-refractivity contribution < 1.29 is 4.79 Å². The van der Waals surface area contributed by atoms with Crippen LogP contribution in [-0.2, 0) is 0 Å². The fourth-order valence-corrected chi connectivity index (χ4v) is 2.89. The maximum absolute atomic E-state index is 12.9. The molecule has 0 spiro atoms. The Morgan fingerprint density at radius 2 is 1.67 bits per heavy atom. The van der Waals surface area contributed by atoms with Crippen LogP contribution in [0.15, 0.2) is 54.6 Å². The van der Waals surface area contributed by atoms with Crippen LogP contribution in [0.1, 0.15) is 21.6 Å². The molecule has 0 fully saturated rings. The second kappa shape index (κ2) is 6.49. The molecular weight excluding hydrogens is 322 g/mol. The lowest BCUT2D eigenvalue weighted by atomic mass is 10.2. The van der Waals surface area contributed by atoms with Crippen LogP contribution in [0.3, 0.4) is 0 Å². The minimum absolute atomic E-state index is 0.177. The molecule has 0 aliphatic rings. The molecule has 4 nitrogen and oxygen atoms in total. The first-order valence-electron chi connectivity index (χ1n) is 7.64. The van der Waals surface area contributed by atoms with Crippen LogP contribution in [0.4, 0.5) is 5.69 Å². The smallest absolute Gasteiger partial charge is 0.263 e. The van der Waals surface area contributed by atoms with Gasteiger partial charge in [0.25, 0.3) is 5.91 Å². The normalized spacial score (nSPS) is 10.7. The Morgan fingerprint density at radius 1 is 1.04 bits per heavy atom. The number of benzene rings is 2. The lowest BCUT2D eigenvalue weighted by molar-refractivity contribution is 0.0992. The van der Waals surface area contributed by atoms with Gasteiger partial charge in [0.05, 0.1) is 11.4 Å². The monoisotopic (exact) mass is 339 g/mol. The van der Waals surface area contributed by atoms with E-state index in [0.29, 0.717) is 16.4 Å². The Bertz CT molecular complexity index is 870. The molecule has 1 amide bonds. The highest BCUT2D eigenvalue weighted by molar-refractivity contribution is 6.34. The summed E-state index contributed by atoms with van der Waals surface area (Å²) in [4.78, 5) is 14.5. The summed E-state index contributed by atoms with van der Waals surface area (Å²) < 4.78 is 1.59. The van der Waals surface area contributed by atoms with Gasteiger partial charge in [0.15, 0.2) is 0 Å². The lowest BCUT2D eigenvalue weighted by Crippen LogP contribution is -2.26. The summed E-state index contributed by atoms with van der Waals surface area (Å²) >= 11 is 6.47. The van der Waals surface area contributed by atoms with Crippen molar-refractivity contribution in [1.82, 2.24) is 9.78 Å². The van der Waals surface area contributed by atoms with Crippen molar-refractivity contribution in [2.24, 2.45) is 0 Å². The van der Waals surface area contributed by atoms with Crippen LogP contribution in [0.5, 0.6) is 0 Å². The molecular formula is C19H18ClN3O. The van der Waals surface area contributed by atoms with Crippen molar-refractivity contribution in [3.8, 4) is 5.69 Å². The summed E-state index contributed by atoms with van der Waals surface area (Å²) in [5.41, 5.74) is 3.80. The highest BCUT2D eigenvalue weighted by Gasteiger charge is 2.24. The number of para-hydroxylation sites is 1. The van der Waals surface area contributed by atoms with E-state index in [1.165, 1.54) is 0 Å². The maximum atomic E-state index is 12.9. The highest BCUT2D eigenvalue weighted by atomic mass is 35.5. The topological polar surface area (TPSA) is 38.1 Å². The quantitative estimate of drug-likeness (QED) is 0.708. The highest BCUT2D eigenvalue weighted by Crippen LogP contribution is 2.26. The lowest BCUT2D eigenvalue weighted by Gasteiger charge is -2.17. The second-order valence-corrected chi connectivity index (χ2v) is 6.06. The van der Waals surface area contributed by atoms with E-state index >= 15 is 0 Å². The Kier molecular flexibility index (Phi) is 4.40. The molecule has 0 N–H and O–H groups in total. The zero-order valence-corrected chi connectivity index (χ0v) is 14.6. The van der Waals surface area contributed by atoms with Gasteiger partial charge in [0, 0.05) is 12.7 Å². The molecule has 1 heterocycles. The van der Waals surface area contributed by atoms with Gasteiger partial charge in [-0.1, -0.05) is 47.5 Å². The number of anilines is 1. The summed E-state index contributed by atoms with van der Waals surface area (Å²) in [6, 6.07) is 17.3. The van der Waals surface area contributed by atoms with E-state index < -0.39 is 0 Å². The summed E-state index contributed by atoms with van der Waals surface area (Å²) in [5, 5.41) is 4.75. The summed E-state index contributed by atoms with van der Waals surface area (Å²) in [6.45, 7) is 3.80. The Hall–Kier alpha value is -2.59. The number of nitrogens with zero attached hydrogens (tertiary/aromatic N) is 3. The minimum Gasteiger partial charge on any atom is -0.311 e. The van der Waals surface area contributed by atoms with Crippen LogP contribution in [0.25, 0.3) is 5.69 Å². The molecule has 0 radical (unpaired) electrons. The molecule has 24 heavy (non-hydrogen) atoms. The molecule has 0 saturated heterocycles. The number of amides is 1. The van der Waals surface area contributed by atoms with Crippen molar-refractivity contribution in [1.29, 1.82) is 0 Å². The molecule has 0 aliphatic carbocycles. The van der Waals surface area contributed by atoms with Crippen LogP contribution in [-0.4, -0.2) is 22.7 Å². The molecule has 1 aromatic heterocycles. The number of hydrogen-bond acceptors (Lipinski definition) is 2. The molecule has 3 rings (SSSR count). The maximum Gasteiger partial charge on any atom is 0.263 e.